The third-order valence-corrected chi connectivity index (χ3v) is 5.97. The van der Waals surface area contributed by atoms with E-state index in [0.717, 1.165) is 11.1 Å². The van der Waals surface area contributed by atoms with E-state index in [9.17, 15) is 0 Å². The number of unbranched alkanes of at least 4 members (excludes halogenated alkanes) is 6. The maximum atomic E-state index is 3.15. The second-order valence-electron chi connectivity index (χ2n) is 7.44. The zero-order valence-corrected chi connectivity index (χ0v) is 18.9. The van der Waals surface area contributed by atoms with Gasteiger partial charge in [0, 0.05) is 16.0 Å². The minimum atomic E-state index is 1.03. The Morgan fingerprint density at radius 1 is 0.621 bits per heavy atom. The fourth-order valence-corrected chi connectivity index (χ4v) is 3.98. The average molecular weight is 403 g/mol. The summed E-state index contributed by atoms with van der Waals surface area (Å²) in [5.74, 6) is 13.5. The molecule has 2 rings (SSSR count). The summed E-state index contributed by atoms with van der Waals surface area (Å²) in [5.41, 5.74) is 3.46. The summed E-state index contributed by atoms with van der Waals surface area (Å²) in [5, 5.41) is 0. The summed E-state index contributed by atoms with van der Waals surface area (Å²) in [7, 11) is 0. The Kier molecular flexibility index (Phi) is 11.9. The lowest BCUT2D eigenvalue weighted by Crippen LogP contribution is -1.86. The summed E-state index contributed by atoms with van der Waals surface area (Å²) in [4.78, 5) is 1.33. The molecule has 0 nitrogen and oxygen atoms in total. The molecule has 0 aromatic heterocycles. The van der Waals surface area contributed by atoms with Gasteiger partial charge >= 0.3 is 0 Å². The zero-order chi connectivity index (χ0) is 20.6. The van der Waals surface area contributed by atoms with E-state index in [4.69, 9.17) is 0 Å². The van der Waals surface area contributed by atoms with Crippen LogP contribution in [0.25, 0.3) is 0 Å². The molecule has 0 saturated heterocycles. The first-order valence-electron chi connectivity index (χ1n) is 11.2. The summed E-state index contributed by atoms with van der Waals surface area (Å²) >= 11 is 1.94. The molecular weight excluding hydrogens is 368 g/mol. The van der Waals surface area contributed by atoms with Crippen molar-refractivity contribution in [2.24, 2.45) is 0 Å². The van der Waals surface area contributed by atoms with Crippen LogP contribution in [0.1, 0.15) is 81.9 Å². The van der Waals surface area contributed by atoms with Crippen molar-refractivity contribution in [3.63, 3.8) is 0 Å². The molecule has 0 aliphatic rings. The van der Waals surface area contributed by atoms with Crippen molar-refractivity contribution < 1.29 is 0 Å². The van der Waals surface area contributed by atoms with Gasteiger partial charge in [0.05, 0.1) is 0 Å². The molecule has 2 aromatic carbocycles. The van der Waals surface area contributed by atoms with Gasteiger partial charge in [-0.2, -0.15) is 0 Å². The predicted molar refractivity (Wildman–Crippen MR) is 129 cm³/mol. The van der Waals surface area contributed by atoms with Gasteiger partial charge in [0.25, 0.3) is 0 Å². The lowest BCUT2D eigenvalue weighted by Gasteiger charge is -2.01. The van der Waals surface area contributed by atoms with Crippen LogP contribution in [0.3, 0.4) is 0 Å². The molecule has 152 valence electrons. The normalized spacial score (nSPS) is 10.0. The molecule has 2 aromatic rings. The Labute approximate surface area is 182 Å². The van der Waals surface area contributed by atoms with Gasteiger partial charge in [-0.25, -0.2) is 0 Å². The van der Waals surface area contributed by atoms with E-state index >= 15 is 0 Å². The quantitative estimate of drug-likeness (QED) is 0.209. The number of benzene rings is 2. The molecule has 1 heteroatoms. The topological polar surface area (TPSA) is 0 Å². The van der Waals surface area contributed by atoms with Crippen LogP contribution in [0.4, 0.5) is 0 Å². The number of rotatable bonds is 11. The van der Waals surface area contributed by atoms with Crippen molar-refractivity contribution in [3.8, 4) is 23.7 Å². The highest BCUT2D eigenvalue weighted by Crippen LogP contribution is 2.20. The molecule has 0 saturated carbocycles. The van der Waals surface area contributed by atoms with Crippen molar-refractivity contribution >= 4 is 11.8 Å². The molecule has 0 fully saturated rings. The Morgan fingerprint density at radius 2 is 1.17 bits per heavy atom. The fraction of sp³-hybridized carbons (Fsp3) is 0.429. The standard InChI is InChI=1S/C28H34S/c1-3-5-7-9-13-25-16-18-26(19-17-25)14-10-11-15-27-20-22-28(23-21-27)29-24-12-8-6-4-2/h16-23H,3-9,12-13,24H2,1-2H3. The van der Waals surface area contributed by atoms with E-state index in [1.54, 1.807) is 0 Å². The van der Waals surface area contributed by atoms with Gasteiger partial charge in [-0.1, -0.05) is 76.3 Å². The van der Waals surface area contributed by atoms with Gasteiger partial charge < -0.3 is 0 Å². The lowest BCUT2D eigenvalue weighted by atomic mass is 10.0. The average Bonchev–Trinajstić information content (AvgIpc) is 2.76. The fourth-order valence-electron chi connectivity index (χ4n) is 3.07. The number of aryl methyl sites for hydroxylation is 1. The van der Waals surface area contributed by atoms with Crippen LogP contribution in [0.15, 0.2) is 53.4 Å². The van der Waals surface area contributed by atoms with Crippen LogP contribution in [-0.2, 0) is 6.42 Å². The lowest BCUT2D eigenvalue weighted by molar-refractivity contribution is 0.667. The van der Waals surface area contributed by atoms with Crippen molar-refractivity contribution in [3.05, 3.63) is 65.2 Å². The van der Waals surface area contributed by atoms with Crippen molar-refractivity contribution in [2.45, 2.75) is 76.5 Å². The van der Waals surface area contributed by atoms with Crippen molar-refractivity contribution in [1.29, 1.82) is 0 Å². The molecule has 0 aliphatic carbocycles. The summed E-state index contributed by atoms with van der Waals surface area (Å²) < 4.78 is 0. The highest BCUT2D eigenvalue weighted by atomic mass is 32.2. The van der Waals surface area contributed by atoms with Gasteiger partial charge in [-0.05, 0) is 78.8 Å². The molecular formula is C28H34S. The van der Waals surface area contributed by atoms with Gasteiger partial charge in [0.15, 0.2) is 0 Å². The van der Waals surface area contributed by atoms with Gasteiger partial charge in [0.2, 0.25) is 0 Å². The minimum absolute atomic E-state index is 1.03. The van der Waals surface area contributed by atoms with Crippen LogP contribution in [0, 0.1) is 23.7 Å². The smallest absolute Gasteiger partial charge is 0.0256 e. The molecule has 0 aliphatic heterocycles. The van der Waals surface area contributed by atoms with E-state index in [1.165, 1.54) is 74.0 Å². The summed E-state index contributed by atoms with van der Waals surface area (Å²) in [6.45, 7) is 4.50. The molecule has 0 N–H and O–H groups in total. The third kappa shape index (κ3) is 10.3. The maximum Gasteiger partial charge on any atom is 0.0256 e. The highest BCUT2D eigenvalue weighted by molar-refractivity contribution is 7.99. The van der Waals surface area contributed by atoms with Crippen LogP contribution in [0.5, 0.6) is 0 Å². The van der Waals surface area contributed by atoms with Crippen LogP contribution in [-0.4, -0.2) is 5.75 Å². The molecule has 0 unspecified atom stereocenters. The van der Waals surface area contributed by atoms with E-state index in [-0.39, 0.29) is 0 Å². The van der Waals surface area contributed by atoms with E-state index in [1.807, 2.05) is 11.8 Å². The number of thioether (sulfide) groups is 1. The first-order valence-corrected chi connectivity index (χ1v) is 12.1. The summed E-state index contributed by atoms with van der Waals surface area (Å²) in [6, 6.07) is 17.1. The maximum absolute atomic E-state index is 3.15. The first kappa shape index (κ1) is 23.2. The van der Waals surface area contributed by atoms with Crippen LogP contribution < -0.4 is 0 Å². The largest absolute Gasteiger partial charge is 0.126 e. The molecule has 0 spiro atoms. The molecule has 0 heterocycles. The van der Waals surface area contributed by atoms with E-state index < -0.39 is 0 Å². The second kappa shape index (κ2) is 14.8. The predicted octanol–water partition coefficient (Wildman–Crippen LogP) is 7.89. The van der Waals surface area contributed by atoms with Crippen molar-refractivity contribution in [1.82, 2.24) is 0 Å². The van der Waals surface area contributed by atoms with Gasteiger partial charge in [-0.3, -0.25) is 0 Å². The molecule has 29 heavy (non-hydrogen) atoms. The number of hydrogen-bond acceptors (Lipinski definition) is 1. The Balaban J connectivity index is 1.77. The third-order valence-electron chi connectivity index (χ3n) is 4.87. The summed E-state index contributed by atoms with van der Waals surface area (Å²) in [6.07, 6.45) is 11.7. The van der Waals surface area contributed by atoms with E-state index in [0.29, 0.717) is 0 Å². The Hall–Kier alpha value is -2.09. The molecule has 0 atom stereocenters. The molecule has 0 radical (unpaired) electrons. The second-order valence-corrected chi connectivity index (χ2v) is 8.61. The van der Waals surface area contributed by atoms with Crippen LogP contribution in [0.2, 0.25) is 0 Å². The zero-order valence-electron chi connectivity index (χ0n) is 18.1. The first-order chi connectivity index (χ1) is 14.3. The van der Waals surface area contributed by atoms with Crippen molar-refractivity contribution in [2.75, 3.05) is 5.75 Å². The van der Waals surface area contributed by atoms with Gasteiger partial charge in [0.1, 0.15) is 0 Å². The van der Waals surface area contributed by atoms with Gasteiger partial charge in [-0.15, -0.1) is 11.8 Å². The molecule has 0 bridgehead atoms. The van der Waals surface area contributed by atoms with Crippen LogP contribution >= 0.6 is 11.8 Å². The Morgan fingerprint density at radius 3 is 1.76 bits per heavy atom. The monoisotopic (exact) mass is 402 g/mol. The minimum Gasteiger partial charge on any atom is -0.126 e. The highest BCUT2D eigenvalue weighted by Gasteiger charge is 1.95. The molecule has 0 amide bonds. The number of hydrogen-bond donors (Lipinski definition) is 0. The Bertz CT molecular complexity index is 807. The van der Waals surface area contributed by atoms with E-state index in [2.05, 4.69) is 86.1 Å². The SMILES string of the molecule is CCCCCCSc1ccc(C#CC#Cc2ccc(CCCCCC)cc2)cc1.